The summed E-state index contributed by atoms with van der Waals surface area (Å²) in [5.41, 5.74) is -0.368. The number of alkyl halides is 1. The topological polar surface area (TPSA) is 101 Å². The molecule has 2 rings (SSSR count). The van der Waals surface area contributed by atoms with Crippen molar-refractivity contribution < 1.29 is 19.6 Å². The number of halogens is 1. The van der Waals surface area contributed by atoms with E-state index in [0.29, 0.717) is 12.4 Å². The number of carboxylic acid groups (broad SMARTS) is 1. The van der Waals surface area contributed by atoms with Gasteiger partial charge in [0.1, 0.15) is 0 Å². The highest BCUT2D eigenvalue weighted by atomic mass is 35.5. The molecule has 1 amide bonds. The van der Waals surface area contributed by atoms with Gasteiger partial charge in [-0.3, -0.25) is 14.9 Å². The molecule has 106 valence electrons. The second kappa shape index (κ2) is 5.46. The quantitative estimate of drug-likeness (QED) is 0.519. The van der Waals surface area contributed by atoms with Gasteiger partial charge in [-0.2, -0.15) is 0 Å². The summed E-state index contributed by atoms with van der Waals surface area (Å²) in [4.78, 5) is 34.3. The first-order valence-electron chi connectivity index (χ1n) is 5.81. The number of nitro benzene ring substituents is 1. The first kappa shape index (κ1) is 14.3. The van der Waals surface area contributed by atoms with Gasteiger partial charge in [0, 0.05) is 31.0 Å². The molecule has 1 aliphatic heterocycles. The summed E-state index contributed by atoms with van der Waals surface area (Å²) in [6.45, 7) is 0.336. The summed E-state index contributed by atoms with van der Waals surface area (Å²) in [5.74, 6) is -1.22. The molecule has 0 bridgehead atoms. The number of non-ortho nitro benzene ring substituents is 1. The fourth-order valence-electron chi connectivity index (χ4n) is 2.11. The number of nitro groups is 1. The molecule has 0 aliphatic carbocycles. The van der Waals surface area contributed by atoms with Crippen molar-refractivity contribution in [2.24, 2.45) is 5.92 Å². The summed E-state index contributed by atoms with van der Waals surface area (Å²) in [6, 6.07) is 3.41. The zero-order valence-electron chi connectivity index (χ0n) is 10.3. The summed E-state index contributed by atoms with van der Waals surface area (Å²) in [5, 5.41) is 19.8. The van der Waals surface area contributed by atoms with Crippen LogP contribution in [0.25, 0.3) is 0 Å². The van der Waals surface area contributed by atoms with Gasteiger partial charge in [0.2, 0.25) is 5.91 Å². The molecule has 0 radical (unpaired) electrons. The molecular formula is C12H11ClN2O5. The fraction of sp³-hybridized carbons (Fsp3) is 0.333. The molecule has 1 aromatic rings. The average molecular weight is 299 g/mol. The van der Waals surface area contributed by atoms with Gasteiger partial charge in [0.05, 0.1) is 16.2 Å². The highest BCUT2D eigenvalue weighted by Gasteiger charge is 2.31. The smallest absolute Gasteiger partial charge is 0.336 e. The number of carbonyl (C=O) groups excluding carboxylic acids is 1. The number of carboxylic acids is 1. The number of hydrogen-bond acceptors (Lipinski definition) is 4. The molecule has 1 aliphatic rings. The number of hydrogen-bond donors (Lipinski definition) is 1. The number of benzene rings is 1. The van der Waals surface area contributed by atoms with Crippen LogP contribution >= 0.6 is 11.6 Å². The van der Waals surface area contributed by atoms with Crippen LogP contribution in [0.1, 0.15) is 16.8 Å². The number of nitrogens with zero attached hydrogens (tertiary/aromatic N) is 2. The van der Waals surface area contributed by atoms with Gasteiger partial charge < -0.3 is 10.0 Å². The molecule has 0 spiro atoms. The Morgan fingerprint density at radius 2 is 2.20 bits per heavy atom. The van der Waals surface area contributed by atoms with E-state index >= 15 is 0 Å². The average Bonchev–Trinajstić information content (AvgIpc) is 2.79. The molecule has 1 unspecified atom stereocenters. The number of carbonyl (C=O) groups is 2. The summed E-state index contributed by atoms with van der Waals surface area (Å²) in [6.07, 6.45) is 0.259. The lowest BCUT2D eigenvalue weighted by atomic mass is 10.1. The van der Waals surface area contributed by atoms with E-state index in [-0.39, 0.29) is 35.2 Å². The van der Waals surface area contributed by atoms with Crippen molar-refractivity contribution in [3.63, 3.8) is 0 Å². The summed E-state index contributed by atoms with van der Waals surface area (Å²) in [7, 11) is 0. The van der Waals surface area contributed by atoms with Crippen molar-refractivity contribution in [2.75, 3.05) is 17.3 Å². The summed E-state index contributed by atoms with van der Waals surface area (Å²) < 4.78 is 0. The van der Waals surface area contributed by atoms with Crippen molar-refractivity contribution in [3.8, 4) is 0 Å². The zero-order chi connectivity index (χ0) is 14.9. The van der Waals surface area contributed by atoms with Gasteiger partial charge in [0.15, 0.2) is 0 Å². The van der Waals surface area contributed by atoms with E-state index in [1.54, 1.807) is 0 Å². The van der Waals surface area contributed by atoms with E-state index in [4.69, 9.17) is 16.7 Å². The van der Waals surface area contributed by atoms with E-state index in [2.05, 4.69) is 0 Å². The molecule has 0 saturated carbocycles. The highest BCUT2D eigenvalue weighted by Crippen LogP contribution is 2.29. The SMILES string of the molecule is O=C(O)c1cc(N2CC(CCl)CC2=O)cc([N+](=O)[O-])c1. The number of amides is 1. The third-order valence-corrected chi connectivity index (χ3v) is 3.53. The van der Waals surface area contributed by atoms with Crippen molar-refractivity contribution in [2.45, 2.75) is 6.42 Å². The Morgan fingerprint density at radius 3 is 2.70 bits per heavy atom. The highest BCUT2D eigenvalue weighted by molar-refractivity contribution is 6.18. The van der Waals surface area contributed by atoms with E-state index in [0.717, 1.165) is 6.07 Å². The Kier molecular flexibility index (Phi) is 3.89. The summed E-state index contributed by atoms with van der Waals surface area (Å²) >= 11 is 5.71. The maximum Gasteiger partial charge on any atom is 0.336 e. The van der Waals surface area contributed by atoms with Crippen LogP contribution in [0.3, 0.4) is 0 Å². The lowest BCUT2D eigenvalue weighted by Crippen LogP contribution is -2.25. The van der Waals surface area contributed by atoms with Crippen molar-refractivity contribution in [1.82, 2.24) is 0 Å². The van der Waals surface area contributed by atoms with Crippen LogP contribution < -0.4 is 4.90 Å². The Labute approximate surface area is 118 Å². The van der Waals surface area contributed by atoms with Crippen LogP contribution in [-0.4, -0.2) is 34.3 Å². The first-order chi connectivity index (χ1) is 9.42. The minimum Gasteiger partial charge on any atom is -0.478 e. The first-order valence-corrected chi connectivity index (χ1v) is 6.35. The van der Waals surface area contributed by atoms with Crippen LogP contribution in [0.15, 0.2) is 18.2 Å². The Morgan fingerprint density at radius 1 is 1.50 bits per heavy atom. The van der Waals surface area contributed by atoms with Gasteiger partial charge in [-0.25, -0.2) is 4.79 Å². The number of rotatable bonds is 4. The van der Waals surface area contributed by atoms with E-state index in [9.17, 15) is 19.7 Å². The van der Waals surface area contributed by atoms with Crippen molar-refractivity contribution in [3.05, 3.63) is 33.9 Å². The molecule has 20 heavy (non-hydrogen) atoms. The van der Waals surface area contributed by atoms with Gasteiger partial charge in [-0.15, -0.1) is 11.6 Å². The lowest BCUT2D eigenvalue weighted by molar-refractivity contribution is -0.384. The predicted octanol–water partition coefficient (Wildman–Crippen LogP) is 1.88. The normalized spacial score (nSPS) is 18.4. The van der Waals surface area contributed by atoms with Gasteiger partial charge >= 0.3 is 5.97 Å². The second-order valence-electron chi connectivity index (χ2n) is 4.53. The maximum atomic E-state index is 11.9. The van der Waals surface area contributed by atoms with Crippen molar-refractivity contribution in [1.29, 1.82) is 0 Å². The minimum absolute atomic E-state index is 0.0308. The second-order valence-corrected chi connectivity index (χ2v) is 4.84. The maximum absolute atomic E-state index is 11.9. The molecule has 1 saturated heterocycles. The van der Waals surface area contributed by atoms with Crippen LogP contribution in [-0.2, 0) is 4.79 Å². The Balaban J connectivity index is 2.43. The molecule has 8 heteroatoms. The molecule has 1 N–H and O–H groups in total. The third kappa shape index (κ3) is 2.72. The molecule has 1 heterocycles. The molecule has 1 atom stereocenters. The molecule has 1 aromatic carbocycles. The molecule has 1 fully saturated rings. The van der Waals surface area contributed by atoms with Gasteiger partial charge in [-0.05, 0) is 12.0 Å². The number of aromatic carboxylic acids is 1. The van der Waals surface area contributed by atoms with Crippen molar-refractivity contribution >= 4 is 34.9 Å². The molecule has 7 nitrogen and oxygen atoms in total. The molecular weight excluding hydrogens is 288 g/mol. The zero-order valence-corrected chi connectivity index (χ0v) is 11.0. The monoisotopic (exact) mass is 298 g/mol. The number of anilines is 1. The van der Waals surface area contributed by atoms with E-state index < -0.39 is 10.9 Å². The third-order valence-electron chi connectivity index (χ3n) is 3.10. The van der Waals surface area contributed by atoms with E-state index in [1.807, 2.05) is 0 Å². The van der Waals surface area contributed by atoms with Crippen LogP contribution in [0.5, 0.6) is 0 Å². The Hall–Kier alpha value is -2.15. The van der Waals surface area contributed by atoms with E-state index in [1.165, 1.54) is 17.0 Å². The largest absolute Gasteiger partial charge is 0.478 e. The van der Waals surface area contributed by atoms with Gasteiger partial charge in [-0.1, -0.05) is 0 Å². The Bertz CT molecular complexity index is 557. The minimum atomic E-state index is -1.28. The van der Waals surface area contributed by atoms with Gasteiger partial charge in [0.25, 0.3) is 5.69 Å². The fourth-order valence-corrected chi connectivity index (χ4v) is 2.32. The van der Waals surface area contributed by atoms with Crippen LogP contribution in [0.2, 0.25) is 0 Å². The lowest BCUT2D eigenvalue weighted by Gasteiger charge is -2.16. The standard InChI is InChI=1S/C12H11ClN2O5/c13-5-7-1-11(16)14(6-7)9-2-8(12(17)18)3-10(4-9)15(19)20/h2-4,7H,1,5-6H2,(H,17,18). The van der Waals surface area contributed by atoms with Crippen LogP contribution in [0.4, 0.5) is 11.4 Å². The predicted molar refractivity (Wildman–Crippen MR) is 71.2 cm³/mol. The van der Waals surface area contributed by atoms with Crippen LogP contribution in [0, 0.1) is 16.0 Å². The molecule has 0 aromatic heterocycles.